The SMILES string of the molecule is NC(CCN1C=CC=NC1)C(=O)O. The minimum absolute atomic E-state index is 0.440. The van der Waals surface area contributed by atoms with Crippen LogP contribution in [0.5, 0.6) is 0 Å². The molecule has 0 aromatic heterocycles. The Balaban J connectivity index is 2.22. The van der Waals surface area contributed by atoms with Gasteiger partial charge in [-0.1, -0.05) is 0 Å². The molecule has 0 saturated heterocycles. The lowest BCUT2D eigenvalue weighted by molar-refractivity contribution is -0.138. The summed E-state index contributed by atoms with van der Waals surface area (Å²) in [6.07, 6.45) is 5.85. The summed E-state index contributed by atoms with van der Waals surface area (Å²) < 4.78 is 0. The second-order valence-electron chi connectivity index (χ2n) is 2.86. The van der Waals surface area contributed by atoms with Crippen LogP contribution in [0, 0.1) is 0 Å². The third-order valence-electron chi connectivity index (χ3n) is 1.80. The van der Waals surface area contributed by atoms with Crippen LogP contribution in [0.1, 0.15) is 6.42 Å². The summed E-state index contributed by atoms with van der Waals surface area (Å²) in [5.41, 5.74) is 5.34. The van der Waals surface area contributed by atoms with Crippen LogP contribution in [0.15, 0.2) is 17.3 Å². The molecule has 0 bridgehead atoms. The molecule has 5 heteroatoms. The Bertz CT molecular complexity index is 238. The monoisotopic (exact) mass is 183 g/mol. The van der Waals surface area contributed by atoms with Crippen LogP contribution in [-0.4, -0.2) is 41.4 Å². The normalized spacial score (nSPS) is 17.5. The molecule has 5 nitrogen and oxygen atoms in total. The summed E-state index contributed by atoms with van der Waals surface area (Å²) in [6.45, 7) is 1.21. The summed E-state index contributed by atoms with van der Waals surface area (Å²) in [5, 5.41) is 8.52. The molecule has 0 aliphatic carbocycles. The van der Waals surface area contributed by atoms with Crippen molar-refractivity contribution in [3.8, 4) is 0 Å². The van der Waals surface area contributed by atoms with Crippen LogP contribution in [0.4, 0.5) is 0 Å². The van der Waals surface area contributed by atoms with Gasteiger partial charge >= 0.3 is 5.97 Å². The van der Waals surface area contributed by atoms with Crippen molar-refractivity contribution in [2.75, 3.05) is 13.2 Å². The zero-order valence-electron chi connectivity index (χ0n) is 7.26. The lowest BCUT2D eigenvalue weighted by Crippen LogP contribution is -2.34. The Hall–Kier alpha value is -1.36. The van der Waals surface area contributed by atoms with Crippen molar-refractivity contribution in [1.29, 1.82) is 0 Å². The number of aliphatic carboxylic acids is 1. The van der Waals surface area contributed by atoms with Gasteiger partial charge < -0.3 is 15.7 Å². The molecular weight excluding hydrogens is 170 g/mol. The van der Waals surface area contributed by atoms with Crippen LogP contribution >= 0.6 is 0 Å². The van der Waals surface area contributed by atoms with Gasteiger partial charge in [-0.25, -0.2) is 0 Å². The Labute approximate surface area is 76.5 Å². The quantitative estimate of drug-likeness (QED) is 0.624. The smallest absolute Gasteiger partial charge is 0.320 e. The fourth-order valence-corrected chi connectivity index (χ4v) is 0.994. The van der Waals surface area contributed by atoms with E-state index in [0.717, 1.165) is 0 Å². The Kier molecular flexibility index (Phi) is 3.45. The Morgan fingerprint density at radius 1 is 1.77 bits per heavy atom. The number of nitrogens with two attached hydrogens (primary N) is 1. The largest absolute Gasteiger partial charge is 0.480 e. The van der Waals surface area contributed by atoms with Gasteiger partial charge in [0.25, 0.3) is 0 Å². The number of aliphatic imine (C=N–C) groups is 1. The number of carbonyl (C=O) groups is 1. The predicted molar refractivity (Wildman–Crippen MR) is 49.4 cm³/mol. The van der Waals surface area contributed by atoms with Crippen LogP contribution in [0.25, 0.3) is 0 Å². The molecule has 1 unspecified atom stereocenters. The zero-order chi connectivity index (χ0) is 9.68. The zero-order valence-corrected chi connectivity index (χ0v) is 7.26. The van der Waals surface area contributed by atoms with Crippen molar-refractivity contribution in [3.63, 3.8) is 0 Å². The molecule has 13 heavy (non-hydrogen) atoms. The maximum atomic E-state index is 10.4. The van der Waals surface area contributed by atoms with E-state index in [0.29, 0.717) is 19.6 Å². The molecule has 0 saturated carbocycles. The first kappa shape index (κ1) is 9.73. The molecule has 0 spiro atoms. The van der Waals surface area contributed by atoms with Gasteiger partial charge in [-0.2, -0.15) is 0 Å². The van der Waals surface area contributed by atoms with Gasteiger partial charge in [-0.05, 0) is 12.5 Å². The Morgan fingerprint density at radius 3 is 3.08 bits per heavy atom. The lowest BCUT2D eigenvalue weighted by Gasteiger charge is -2.20. The highest BCUT2D eigenvalue weighted by atomic mass is 16.4. The number of hydrogen-bond acceptors (Lipinski definition) is 4. The van der Waals surface area contributed by atoms with Crippen molar-refractivity contribution in [2.24, 2.45) is 10.7 Å². The third-order valence-corrected chi connectivity index (χ3v) is 1.80. The summed E-state index contributed by atoms with van der Waals surface area (Å²) in [6, 6.07) is -0.778. The molecule has 0 aromatic rings. The molecule has 0 radical (unpaired) electrons. The van der Waals surface area contributed by atoms with Gasteiger partial charge in [0.15, 0.2) is 0 Å². The topological polar surface area (TPSA) is 78.9 Å². The van der Waals surface area contributed by atoms with E-state index in [1.54, 1.807) is 6.21 Å². The molecular formula is C8H13N3O2. The van der Waals surface area contributed by atoms with Gasteiger partial charge in [-0.3, -0.25) is 9.79 Å². The highest BCUT2D eigenvalue weighted by molar-refractivity contribution is 5.73. The maximum Gasteiger partial charge on any atom is 0.320 e. The molecule has 0 fully saturated rings. The fraction of sp³-hybridized carbons (Fsp3) is 0.500. The average Bonchev–Trinajstić information content (AvgIpc) is 2.15. The van der Waals surface area contributed by atoms with Gasteiger partial charge in [0.05, 0.1) is 0 Å². The third kappa shape index (κ3) is 3.25. The second kappa shape index (κ2) is 4.61. The highest BCUT2D eigenvalue weighted by Crippen LogP contribution is 1.99. The average molecular weight is 183 g/mol. The molecule has 0 aromatic carbocycles. The summed E-state index contributed by atoms with van der Waals surface area (Å²) in [7, 11) is 0. The molecule has 3 N–H and O–H groups in total. The summed E-state index contributed by atoms with van der Waals surface area (Å²) >= 11 is 0. The Morgan fingerprint density at radius 2 is 2.54 bits per heavy atom. The van der Waals surface area contributed by atoms with E-state index in [4.69, 9.17) is 10.8 Å². The summed E-state index contributed by atoms with van der Waals surface area (Å²) in [4.78, 5) is 16.3. The van der Waals surface area contributed by atoms with E-state index in [-0.39, 0.29) is 0 Å². The van der Waals surface area contributed by atoms with Crippen LogP contribution in [0.2, 0.25) is 0 Å². The van der Waals surface area contributed by atoms with Crippen molar-refractivity contribution in [1.82, 2.24) is 4.90 Å². The van der Waals surface area contributed by atoms with Crippen molar-refractivity contribution in [3.05, 3.63) is 12.3 Å². The van der Waals surface area contributed by atoms with Gasteiger partial charge in [-0.15, -0.1) is 0 Å². The fourth-order valence-electron chi connectivity index (χ4n) is 0.994. The molecule has 1 aliphatic heterocycles. The van der Waals surface area contributed by atoms with Crippen molar-refractivity contribution in [2.45, 2.75) is 12.5 Å². The molecule has 1 aliphatic rings. The molecule has 1 atom stereocenters. The molecule has 72 valence electrons. The molecule has 1 heterocycles. The van der Waals surface area contributed by atoms with Crippen LogP contribution in [-0.2, 0) is 4.79 Å². The number of carboxylic acid groups (broad SMARTS) is 1. The van der Waals surface area contributed by atoms with Gasteiger partial charge in [0, 0.05) is 19.0 Å². The summed E-state index contributed by atoms with van der Waals surface area (Å²) in [5.74, 6) is -0.954. The van der Waals surface area contributed by atoms with Gasteiger partial charge in [0.2, 0.25) is 0 Å². The number of carboxylic acids is 1. The van der Waals surface area contributed by atoms with Crippen molar-refractivity contribution >= 4 is 12.2 Å². The van der Waals surface area contributed by atoms with Crippen LogP contribution < -0.4 is 5.73 Å². The first-order valence-corrected chi connectivity index (χ1v) is 4.09. The van der Waals surface area contributed by atoms with Gasteiger partial charge in [0.1, 0.15) is 12.7 Å². The van der Waals surface area contributed by atoms with E-state index in [2.05, 4.69) is 4.99 Å². The lowest BCUT2D eigenvalue weighted by atomic mass is 10.2. The number of nitrogens with zero attached hydrogens (tertiary/aromatic N) is 2. The molecule has 1 rings (SSSR count). The predicted octanol–water partition coefficient (Wildman–Crippen LogP) is -0.354. The first-order valence-electron chi connectivity index (χ1n) is 4.09. The van der Waals surface area contributed by atoms with Crippen molar-refractivity contribution < 1.29 is 9.90 Å². The number of rotatable bonds is 4. The second-order valence-corrected chi connectivity index (χ2v) is 2.86. The highest BCUT2D eigenvalue weighted by Gasteiger charge is 2.12. The van der Waals surface area contributed by atoms with E-state index in [1.165, 1.54) is 0 Å². The number of allylic oxidation sites excluding steroid dienone is 1. The van der Waals surface area contributed by atoms with Crippen LogP contribution in [0.3, 0.4) is 0 Å². The van der Waals surface area contributed by atoms with E-state index < -0.39 is 12.0 Å². The van der Waals surface area contributed by atoms with E-state index >= 15 is 0 Å². The number of hydrogen-bond donors (Lipinski definition) is 2. The minimum atomic E-state index is -0.954. The standard InChI is InChI=1S/C8H13N3O2/c9-7(8(12)13)2-5-11-4-1-3-10-6-11/h1,3-4,7H,2,5-6,9H2,(H,12,13). The minimum Gasteiger partial charge on any atom is -0.480 e. The first-order chi connectivity index (χ1) is 6.20. The molecule has 0 amide bonds. The van der Waals surface area contributed by atoms with E-state index in [9.17, 15) is 4.79 Å². The maximum absolute atomic E-state index is 10.4. The van der Waals surface area contributed by atoms with E-state index in [1.807, 2.05) is 17.2 Å².